The molecule has 0 spiro atoms. The van der Waals surface area contributed by atoms with Gasteiger partial charge in [0.15, 0.2) is 0 Å². The van der Waals surface area contributed by atoms with E-state index in [0.717, 1.165) is 48.8 Å². The topological polar surface area (TPSA) is 54.5 Å². The average Bonchev–Trinajstić information content (AvgIpc) is 3.37. The molecule has 4 rings (SSSR count). The predicted octanol–water partition coefficient (Wildman–Crippen LogP) is 4.54. The molecule has 1 amide bonds. The first-order chi connectivity index (χ1) is 15.7. The van der Waals surface area contributed by atoms with Crippen LogP contribution in [0.5, 0.6) is 5.75 Å². The highest BCUT2D eigenvalue weighted by Crippen LogP contribution is 2.30. The van der Waals surface area contributed by atoms with Crippen LogP contribution in [0, 0.1) is 18.3 Å². The van der Waals surface area contributed by atoms with Crippen LogP contribution in [0.3, 0.4) is 0 Å². The fraction of sp³-hybridized carbons (Fsp3) is 0.308. The van der Waals surface area contributed by atoms with Crippen molar-refractivity contribution in [2.24, 2.45) is 5.92 Å². The Labute approximate surface area is 193 Å². The Hall–Kier alpha value is -3.14. The molecule has 0 saturated carbocycles. The number of carbonyl (C=O) groups is 1. The first-order valence-corrected chi connectivity index (χ1v) is 11.7. The lowest BCUT2D eigenvalue weighted by Crippen LogP contribution is -2.42. The van der Waals surface area contributed by atoms with Gasteiger partial charge in [0.2, 0.25) is 0 Å². The number of hydrogen-bond acceptors (Lipinski definition) is 5. The van der Waals surface area contributed by atoms with E-state index in [2.05, 4.69) is 33.3 Å². The molecule has 0 bridgehead atoms. The number of nitrogens with zero attached hydrogens (tertiary/aromatic N) is 2. The number of ether oxygens (including phenoxy) is 1. The molecule has 0 unspecified atom stereocenters. The Morgan fingerprint density at radius 2 is 2.22 bits per heavy atom. The van der Waals surface area contributed by atoms with Gasteiger partial charge in [0.1, 0.15) is 12.4 Å². The van der Waals surface area contributed by atoms with E-state index in [4.69, 9.17) is 11.2 Å². The summed E-state index contributed by atoms with van der Waals surface area (Å²) >= 11 is 1.46. The fourth-order valence-corrected chi connectivity index (χ4v) is 4.86. The molecule has 0 aliphatic carbocycles. The Kier molecular flexibility index (Phi) is 7.55. The summed E-state index contributed by atoms with van der Waals surface area (Å²) in [6.45, 7) is 3.02. The number of hydrogen-bond donors (Lipinski definition) is 1. The standard InChI is InChI=1S/C26H27N3O2S/c1-2-15-31-22-10-5-8-20(17-22)18-29-14-6-9-21(19-29)25(23-11-3-4-13-27-23)28-26(30)24-12-7-16-32-24/h1,3-5,7-8,10-13,16-17,21,25H,6,9,14-15,18-19H2,(H,28,30)/t21-,25+/m1/s1. The number of nitrogens with one attached hydrogen (secondary N) is 1. The molecule has 3 aromatic rings. The second kappa shape index (κ2) is 10.9. The van der Waals surface area contributed by atoms with Crippen LogP contribution < -0.4 is 10.1 Å². The molecule has 2 atom stereocenters. The zero-order chi connectivity index (χ0) is 22.2. The predicted molar refractivity (Wildman–Crippen MR) is 128 cm³/mol. The van der Waals surface area contributed by atoms with E-state index in [9.17, 15) is 4.79 Å². The summed E-state index contributed by atoms with van der Waals surface area (Å²) in [6, 6.07) is 17.6. The van der Waals surface area contributed by atoms with Crippen molar-refractivity contribution in [2.75, 3.05) is 19.7 Å². The number of thiophene rings is 1. The highest BCUT2D eigenvalue weighted by molar-refractivity contribution is 7.12. The number of likely N-dealkylation sites (tertiary alicyclic amines) is 1. The lowest BCUT2D eigenvalue weighted by Gasteiger charge is -2.37. The number of aromatic nitrogens is 1. The van der Waals surface area contributed by atoms with Crippen molar-refractivity contribution in [1.82, 2.24) is 15.2 Å². The summed E-state index contributed by atoms with van der Waals surface area (Å²) in [5.74, 6) is 3.54. The maximum absolute atomic E-state index is 12.9. The molecule has 164 valence electrons. The number of amides is 1. The highest BCUT2D eigenvalue weighted by Gasteiger charge is 2.31. The molecule has 1 aromatic carbocycles. The van der Waals surface area contributed by atoms with Gasteiger partial charge in [-0.15, -0.1) is 17.8 Å². The van der Waals surface area contributed by atoms with Crippen LogP contribution in [0.25, 0.3) is 0 Å². The normalized spacial score (nSPS) is 17.3. The van der Waals surface area contributed by atoms with Crippen molar-refractivity contribution in [1.29, 1.82) is 0 Å². The Morgan fingerprint density at radius 1 is 1.28 bits per heavy atom. The number of rotatable bonds is 8. The SMILES string of the molecule is C#CCOc1cccc(CN2CCC[C@@H]([C@H](NC(=O)c3cccs3)c3ccccn3)C2)c1. The molecular weight excluding hydrogens is 418 g/mol. The molecule has 1 saturated heterocycles. The Bertz CT molecular complexity index is 1050. The molecule has 32 heavy (non-hydrogen) atoms. The first kappa shape index (κ1) is 22.1. The van der Waals surface area contributed by atoms with E-state index in [-0.39, 0.29) is 24.5 Å². The average molecular weight is 446 g/mol. The van der Waals surface area contributed by atoms with Crippen LogP contribution in [0.1, 0.15) is 39.8 Å². The number of carbonyl (C=O) groups excluding carboxylic acids is 1. The molecule has 1 fully saturated rings. The van der Waals surface area contributed by atoms with Crippen LogP contribution in [0.2, 0.25) is 0 Å². The minimum absolute atomic E-state index is 0.0360. The Balaban J connectivity index is 1.47. The van der Waals surface area contributed by atoms with E-state index in [1.165, 1.54) is 16.9 Å². The maximum atomic E-state index is 12.9. The van der Waals surface area contributed by atoms with E-state index < -0.39 is 0 Å². The number of pyridine rings is 1. The van der Waals surface area contributed by atoms with Gasteiger partial charge in [0.25, 0.3) is 5.91 Å². The summed E-state index contributed by atoms with van der Waals surface area (Å²) in [5, 5.41) is 5.19. The first-order valence-electron chi connectivity index (χ1n) is 10.9. The van der Waals surface area contributed by atoms with Crippen molar-refractivity contribution < 1.29 is 9.53 Å². The van der Waals surface area contributed by atoms with Crippen molar-refractivity contribution >= 4 is 17.2 Å². The van der Waals surface area contributed by atoms with Crippen LogP contribution in [0.4, 0.5) is 0 Å². The highest BCUT2D eigenvalue weighted by atomic mass is 32.1. The quantitative estimate of drug-likeness (QED) is 0.517. The van der Waals surface area contributed by atoms with Crippen molar-refractivity contribution in [3.63, 3.8) is 0 Å². The summed E-state index contributed by atoms with van der Waals surface area (Å²) in [6.07, 6.45) is 9.23. The van der Waals surface area contributed by atoms with Gasteiger partial charge < -0.3 is 10.1 Å². The summed E-state index contributed by atoms with van der Waals surface area (Å²) in [4.78, 5) is 20.6. The maximum Gasteiger partial charge on any atom is 0.261 e. The molecular formula is C26H27N3O2S. The molecule has 1 N–H and O–H groups in total. The monoisotopic (exact) mass is 445 g/mol. The molecule has 1 aliphatic rings. The van der Waals surface area contributed by atoms with Gasteiger partial charge in [-0.25, -0.2) is 0 Å². The summed E-state index contributed by atoms with van der Waals surface area (Å²) < 4.78 is 5.57. The van der Waals surface area contributed by atoms with Crippen molar-refractivity contribution in [2.45, 2.75) is 25.4 Å². The molecule has 3 heterocycles. The third-order valence-electron chi connectivity index (χ3n) is 5.68. The smallest absolute Gasteiger partial charge is 0.261 e. The van der Waals surface area contributed by atoms with E-state index in [1.807, 2.05) is 47.8 Å². The van der Waals surface area contributed by atoms with Gasteiger partial charge >= 0.3 is 0 Å². The molecule has 5 nitrogen and oxygen atoms in total. The molecule has 0 radical (unpaired) electrons. The van der Waals surface area contributed by atoms with Crippen LogP contribution in [-0.2, 0) is 6.54 Å². The summed E-state index contributed by atoms with van der Waals surface area (Å²) in [7, 11) is 0. The van der Waals surface area contributed by atoms with Gasteiger partial charge in [0.05, 0.1) is 16.6 Å². The minimum atomic E-state index is -0.126. The number of terminal acetylenes is 1. The van der Waals surface area contributed by atoms with Crippen molar-refractivity contribution in [3.05, 3.63) is 82.3 Å². The van der Waals surface area contributed by atoms with E-state index in [1.54, 1.807) is 6.20 Å². The van der Waals surface area contributed by atoms with E-state index >= 15 is 0 Å². The minimum Gasteiger partial charge on any atom is -0.481 e. The largest absolute Gasteiger partial charge is 0.481 e. The lowest BCUT2D eigenvalue weighted by atomic mass is 9.88. The zero-order valence-electron chi connectivity index (χ0n) is 17.9. The number of piperidine rings is 1. The Morgan fingerprint density at radius 3 is 3.00 bits per heavy atom. The van der Waals surface area contributed by atoms with Gasteiger partial charge in [0, 0.05) is 19.3 Å². The molecule has 6 heteroatoms. The third kappa shape index (κ3) is 5.76. The van der Waals surface area contributed by atoms with Crippen LogP contribution >= 0.6 is 11.3 Å². The fourth-order valence-electron chi connectivity index (χ4n) is 4.24. The van der Waals surface area contributed by atoms with Crippen LogP contribution in [0.15, 0.2) is 66.2 Å². The van der Waals surface area contributed by atoms with Gasteiger partial charge in [-0.1, -0.05) is 30.2 Å². The zero-order valence-corrected chi connectivity index (χ0v) is 18.8. The molecule has 1 aliphatic heterocycles. The molecule has 2 aromatic heterocycles. The van der Waals surface area contributed by atoms with Crippen LogP contribution in [-0.4, -0.2) is 35.5 Å². The van der Waals surface area contributed by atoms with Gasteiger partial charge in [-0.05, 0) is 66.6 Å². The second-order valence-electron chi connectivity index (χ2n) is 7.96. The number of benzene rings is 1. The van der Waals surface area contributed by atoms with E-state index in [0.29, 0.717) is 0 Å². The van der Waals surface area contributed by atoms with Crippen molar-refractivity contribution in [3.8, 4) is 18.1 Å². The van der Waals surface area contributed by atoms with Gasteiger partial charge in [-0.3, -0.25) is 14.7 Å². The third-order valence-corrected chi connectivity index (χ3v) is 6.55. The second-order valence-corrected chi connectivity index (χ2v) is 8.91. The summed E-state index contributed by atoms with van der Waals surface area (Å²) in [5.41, 5.74) is 2.10. The lowest BCUT2D eigenvalue weighted by molar-refractivity contribution is 0.0879. The van der Waals surface area contributed by atoms with Gasteiger partial charge in [-0.2, -0.15) is 0 Å².